The van der Waals surface area contributed by atoms with Crippen molar-refractivity contribution in [2.24, 2.45) is 0 Å². The molecule has 0 atom stereocenters. The fraction of sp³-hybridized carbons (Fsp3) is 0.250. The maximum absolute atomic E-state index is 11.0. The van der Waals surface area contributed by atoms with Crippen LogP contribution in [0.4, 0.5) is 5.69 Å². The molecule has 0 unspecified atom stereocenters. The van der Waals surface area contributed by atoms with Gasteiger partial charge in [-0.3, -0.25) is 14.9 Å². The van der Waals surface area contributed by atoms with Gasteiger partial charge in [-0.1, -0.05) is 6.07 Å². The molecule has 0 aromatic heterocycles. The summed E-state index contributed by atoms with van der Waals surface area (Å²) in [6.45, 7) is 3.17. The average molecular weight is 233 g/mol. The number of fused-ring (bicyclic) bond motifs is 1. The summed E-state index contributed by atoms with van der Waals surface area (Å²) in [5.41, 5.74) is 2.51. The number of hydrogen-bond donors (Lipinski definition) is 0. The van der Waals surface area contributed by atoms with E-state index >= 15 is 0 Å². The van der Waals surface area contributed by atoms with E-state index in [-0.39, 0.29) is 5.69 Å². The van der Waals surface area contributed by atoms with Gasteiger partial charge in [0.25, 0.3) is 5.69 Å². The minimum absolute atomic E-state index is 0.00287. The summed E-state index contributed by atoms with van der Waals surface area (Å²) < 4.78 is 5.10. The number of carbonyl (C=O) groups is 1. The average Bonchev–Trinajstić information content (AvgIpc) is 2.54. The number of nitrogens with zero attached hydrogens (tertiary/aromatic N) is 1. The van der Waals surface area contributed by atoms with E-state index in [1.165, 1.54) is 19.1 Å². The third kappa shape index (κ3) is 2.04. The van der Waals surface area contributed by atoms with Gasteiger partial charge in [0.15, 0.2) is 0 Å². The van der Waals surface area contributed by atoms with Crippen molar-refractivity contribution in [2.75, 3.05) is 0 Å². The van der Waals surface area contributed by atoms with Gasteiger partial charge in [0.1, 0.15) is 5.76 Å². The largest absolute Gasteiger partial charge is 0.426 e. The Balaban J connectivity index is 2.47. The summed E-state index contributed by atoms with van der Waals surface area (Å²) in [5, 5.41) is 10.7. The molecule has 0 fully saturated rings. The van der Waals surface area contributed by atoms with Gasteiger partial charge in [-0.25, -0.2) is 0 Å². The Labute approximate surface area is 97.9 Å². The van der Waals surface area contributed by atoms with E-state index in [0.29, 0.717) is 17.7 Å². The molecule has 0 saturated carbocycles. The first-order valence-electron chi connectivity index (χ1n) is 5.15. The minimum Gasteiger partial charge on any atom is -0.426 e. The zero-order valence-corrected chi connectivity index (χ0v) is 9.52. The van der Waals surface area contributed by atoms with E-state index in [1.54, 1.807) is 6.07 Å². The van der Waals surface area contributed by atoms with Crippen LogP contribution in [0.5, 0.6) is 0 Å². The summed E-state index contributed by atoms with van der Waals surface area (Å²) in [6.07, 6.45) is 0.663. The van der Waals surface area contributed by atoms with Crippen LogP contribution in [0.1, 0.15) is 25.0 Å². The number of rotatable bonds is 2. The molecule has 0 spiro atoms. The molecule has 88 valence electrons. The number of ether oxygens (including phenoxy) is 1. The third-order valence-corrected chi connectivity index (χ3v) is 2.64. The molecular weight excluding hydrogens is 222 g/mol. The maximum Gasteiger partial charge on any atom is 0.308 e. The molecule has 1 aliphatic carbocycles. The summed E-state index contributed by atoms with van der Waals surface area (Å²) in [6, 6.07) is 4.61. The lowest BCUT2D eigenvalue weighted by Gasteiger charge is -2.05. The molecule has 0 bridgehead atoms. The van der Waals surface area contributed by atoms with Crippen molar-refractivity contribution in [1.82, 2.24) is 0 Å². The number of benzene rings is 1. The van der Waals surface area contributed by atoms with Gasteiger partial charge in [0.05, 0.1) is 4.92 Å². The summed E-state index contributed by atoms with van der Waals surface area (Å²) in [7, 11) is 0. The van der Waals surface area contributed by atoms with Crippen LogP contribution in [-0.2, 0) is 16.0 Å². The molecule has 1 aromatic rings. The van der Waals surface area contributed by atoms with Crippen molar-refractivity contribution in [1.29, 1.82) is 0 Å². The fourth-order valence-electron chi connectivity index (χ4n) is 1.93. The number of nitro groups is 1. The molecule has 17 heavy (non-hydrogen) atoms. The minimum atomic E-state index is -0.459. The molecule has 1 aliphatic rings. The van der Waals surface area contributed by atoms with Gasteiger partial charge in [0.2, 0.25) is 0 Å². The fourth-order valence-corrected chi connectivity index (χ4v) is 1.93. The van der Waals surface area contributed by atoms with Gasteiger partial charge in [-0.05, 0) is 24.5 Å². The van der Waals surface area contributed by atoms with E-state index in [9.17, 15) is 14.9 Å². The van der Waals surface area contributed by atoms with E-state index in [4.69, 9.17) is 4.74 Å². The summed E-state index contributed by atoms with van der Waals surface area (Å²) in [4.78, 5) is 21.2. The van der Waals surface area contributed by atoms with Crippen molar-refractivity contribution >= 4 is 17.4 Å². The normalized spacial score (nSPS) is 13.5. The first-order valence-corrected chi connectivity index (χ1v) is 5.15. The van der Waals surface area contributed by atoms with E-state index in [2.05, 4.69) is 0 Å². The Morgan fingerprint density at radius 1 is 1.47 bits per heavy atom. The highest BCUT2D eigenvalue weighted by Gasteiger charge is 2.24. The number of allylic oxidation sites excluding steroid dienone is 1. The zero-order valence-electron chi connectivity index (χ0n) is 9.52. The maximum atomic E-state index is 11.0. The van der Waals surface area contributed by atoms with Crippen LogP contribution in [0.25, 0.3) is 5.76 Å². The predicted octanol–water partition coefficient (Wildman–Crippen LogP) is 2.45. The molecule has 0 aliphatic heterocycles. The van der Waals surface area contributed by atoms with Crippen molar-refractivity contribution in [3.05, 3.63) is 45.0 Å². The van der Waals surface area contributed by atoms with Crippen molar-refractivity contribution in [3.8, 4) is 0 Å². The van der Waals surface area contributed by atoms with Crippen LogP contribution < -0.4 is 0 Å². The molecule has 0 amide bonds. The number of hydrogen-bond acceptors (Lipinski definition) is 4. The molecule has 5 heteroatoms. The predicted molar refractivity (Wildman–Crippen MR) is 61.2 cm³/mol. The molecule has 2 rings (SSSR count). The van der Waals surface area contributed by atoms with Gasteiger partial charge in [-0.2, -0.15) is 0 Å². The summed E-state index contributed by atoms with van der Waals surface area (Å²) >= 11 is 0. The first kappa shape index (κ1) is 11.3. The number of carbonyl (C=O) groups excluding carboxylic acids is 1. The quantitative estimate of drug-likeness (QED) is 0.447. The highest BCUT2D eigenvalue weighted by atomic mass is 16.6. The Hall–Kier alpha value is -2.17. The molecule has 0 heterocycles. The van der Waals surface area contributed by atoms with Crippen LogP contribution in [0, 0.1) is 10.1 Å². The second-order valence-electron chi connectivity index (χ2n) is 3.98. The molecule has 0 N–H and O–H groups in total. The van der Waals surface area contributed by atoms with E-state index in [0.717, 1.165) is 11.1 Å². The lowest BCUT2D eigenvalue weighted by molar-refractivity contribution is -0.384. The topological polar surface area (TPSA) is 69.4 Å². The monoisotopic (exact) mass is 233 g/mol. The molecule has 1 aromatic carbocycles. The van der Waals surface area contributed by atoms with Crippen LogP contribution in [-0.4, -0.2) is 10.9 Å². The Morgan fingerprint density at radius 2 is 2.18 bits per heavy atom. The van der Waals surface area contributed by atoms with Crippen molar-refractivity contribution in [3.63, 3.8) is 0 Å². The molecule has 5 nitrogen and oxygen atoms in total. The smallest absolute Gasteiger partial charge is 0.308 e. The Morgan fingerprint density at radius 3 is 2.76 bits per heavy atom. The van der Waals surface area contributed by atoms with Crippen LogP contribution in [0.2, 0.25) is 0 Å². The first-order chi connectivity index (χ1) is 7.99. The van der Waals surface area contributed by atoms with E-state index in [1.807, 2.05) is 6.92 Å². The number of esters is 1. The highest BCUT2D eigenvalue weighted by molar-refractivity contribution is 5.81. The van der Waals surface area contributed by atoms with Crippen LogP contribution in [0.15, 0.2) is 23.8 Å². The Bertz CT molecular complexity index is 545. The van der Waals surface area contributed by atoms with Crippen molar-refractivity contribution in [2.45, 2.75) is 20.3 Å². The standard InChI is InChI=1S/C12H11NO4/c1-7-5-9-3-4-10(13(15)16)6-11(9)12(7)17-8(2)14/h3-4,6H,5H2,1-2H3. The molecule has 0 radical (unpaired) electrons. The zero-order chi connectivity index (χ0) is 12.6. The van der Waals surface area contributed by atoms with Crippen molar-refractivity contribution < 1.29 is 14.5 Å². The van der Waals surface area contributed by atoms with E-state index < -0.39 is 10.9 Å². The Kier molecular flexibility index (Phi) is 2.67. The van der Waals surface area contributed by atoms with Crippen LogP contribution >= 0.6 is 0 Å². The lowest BCUT2D eigenvalue weighted by atomic mass is 10.1. The second kappa shape index (κ2) is 4.01. The molecule has 0 saturated heterocycles. The summed E-state index contributed by atoms with van der Waals surface area (Å²) in [5.74, 6) is 0.0370. The number of non-ortho nitro benzene ring substituents is 1. The van der Waals surface area contributed by atoms with Crippen LogP contribution in [0.3, 0.4) is 0 Å². The second-order valence-corrected chi connectivity index (χ2v) is 3.98. The van der Waals surface area contributed by atoms with Gasteiger partial charge >= 0.3 is 5.97 Å². The van der Waals surface area contributed by atoms with Gasteiger partial charge < -0.3 is 4.74 Å². The SMILES string of the molecule is CC(=O)OC1=C(C)Cc2ccc([N+](=O)[O-])cc21. The lowest BCUT2D eigenvalue weighted by Crippen LogP contribution is -1.99. The van der Waals surface area contributed by atoms with Gasteiger partial charge in [-0.15, -0.1) is 0 Å². The third-order valence-electron chi connectivity index (χ3n) is 2.64. The molecular formula is C12H11NO4. The van der Waals surface area contributed by atoms with Gasteiger partial charge in [0, 0.05) is 24.6 Å². The number of nitro benzene ring substituents is 1. The highest BCUT2D eigenvalue weighted by Crippen LogP contribution is 2.35.